The number of hydrogen-bond donors (Lipinski definition) is 2. The summed E-state index contributed by atoms with van der Waals surface area (Å²) in [5.41, 5.74) is 0.0979. The van der Waals surface area contributed by atoms with Gasteiger partial charge in [-0.25, -0.2) is 9.59 Å². The third-order valence-electron chi connectivity index (χ3n) is 2.39. The van der Waals surface area contributed by atoms with Gasteiger partial charge in [0, 0.05) is 0 Å². The van der Waals surface area contributed by atoms with Gasteiger partial charge in [-0.2, -0.15) is 0 Å². The summed E-state index contributed by atoms with van der Waals surface area (Å²) >= 11 is 0. The number of methoxy groups -OCH3 is 1. The number of ether oxygens (including phenoxy) is 2. The van der Waals surface area contributed by atoms with E-state index in [2.05, 4.69) is 17.2 Å². The molecule has 0 saturated carbocycles. The van der Waals surface area contributed by atoms with E-state index >= 15 is 0 Å². The molecule has 1 aromatic rings. The number of benzene rings is 1. The van der Waals surface area contributed by atoms with Crippen molar-refractivity contribution >= 4 is 12.1 Å². The third kappa shape index (κ3) is 5.75. The second kappa shape index (κ2) is 7.36. The molecule has 6 heteroatoms. The normalized spacial score (nSPS) is 10.2. The molecule has 118 valence electrons. The van der Waals surface area contributed by atoms with Gasteiger partial charge < -0.3 is 19.9 Å². The van der Waals surface area contributed by atoms with E-state index in [1.54, 1.807) is 26.8 Å². The molecule has 0 atom stereocenters. The standard InChI is InChI=1S/C16H19NO5/c1-16(2,3)22-15(20)17-9-5-6-11-7-8-12(14(18)19)10-13(11)21-4/h7-8,10H,9H2,1-4H3,(H,17,20)(H,18,19). The van der Waals surface area contributed by atoms with Crippen molar-refractivity contribution in [3.8, 4) is 17.6 Å². The fraction of sp³-hybridized carbons (Fsp3) is 0.375. The van der Waals surface area contributed by atoms with Crippen LogP contribution < -0.4 is 10.1 Å². The number of carboxylic acid groups (broad SMARTS) is 1. The molecule has 0 bridgehead atoms. The Morgan fingerprint density at radius 3 is 2.55 bits per heavy atom. The highest BCUT2D eigenvalue weighted by Crippen LogP contribution is 2.19. The minimum Gasteiger partial charge on any atom is -0.495 e. The Morgan fingerprint density at radius 1 is 1.32 bits per heavy atom. The number of hydrogen-bond acceptors (Lipinski definition) is 4. The number of nitrogens with one attached hydrogen (secondary N) is 1. The first kappa shape index (κ1) is 17.4. The maximum absolute atomic E-state index is 11.4. The Labute approximate surface area is 129 Å². The van der Waals surface area contributed by atoms with Crippen LogP contribution in [0.3, 0.4) is 0 Å². The van der Waals surface area contributed by atoms with Crippen LogP contribution in [0.2, 0.25) is 0 Å². The number of amides is 1. The molecule has 0 aliphatic rings. The van der Waals surface area contributed by atoms with E-state index in [1.165, 1.54) is 19.2 Å². The SMILES string of the molecule is COc1cc(C(=O)O)ccc1C#CCNC(=O)OC(C)(C)C. The van der Waals surface area contributed by atoms with Crippen molar-refractivity contribution in [2.24, 2.45) is 0 Å². The second-order valence-corrected chi connectivity index (χ2v) is 5.38. The molecular weight excluding hydrogens is 286 g/mol. The zero-order valence-corrected chi connectivity index (χ0v) is 13.0. The molecule has 0 saturated heterocycles. The molecule has 6 nitrogen and oxygen atoms in total. The van der Waals surface area contributed by atoms with E-state index in [4.69, 9.17) is 14.6 Å². The number of rotatable bonds is 3. The van der Waals surface area contributed by atoms with E-state index in [9.17, 15) is 9.59 Å². The fourth-order valence-electron chi connectivity index (χ4n) is 1.50. The number of carboxylic acids is 1. The van der Waals surface area contributed by atoms with Crippen molar-refractivity contribution in [1.29, 1.82) is 0 Å². The first-order chi connectivity index (χ1) is 10.2. The molecule has 0 aliphatic carbocycles. The van der Waals surface area contributed by atoms with Gasteiger partial charge in [0.25, 0.3) is 0 Å². The average molecular weight is 305 g/mol. The predicted molar refractivity (Wildman–Crippen MR) is 81.1 cm³/mol. The van der Waals surface area contributed by atoms with Gasteiger partial charge in [0.15, 0.2) is 0 Å². The van der Waals surface area contributed by atoms with Crippen LogP contribution >= 0.6 is 0 Å². The van der Waals surface area contributed by atoms with Gasteiger partial charge in [0.05, 0.1) is 24.8 Å². The lowest BCUT2D eigenvalue weighted by Crippen LogP contribution is -2.32. The Balaban J connectivity index is 2.69. The molecule has 0 radical (unpaired) electrons. The largest absolute Gasteiger partial charge is 0.495 e. The molecule has 0 fully saturated rings. The van der Waals surface area contributed by atoms with Crippen LogP contribution in [0.5, 0.6) is 5.75 Å². The number of alkyl carbamates (subject to hydrolysis) is 1. The average Bonchev–Trinajstić information content (AvgIpc) is 2.41. The molecule has 1 amide bonds. The zero-order valence-electron chi connectivity index (χ0n) is 13.0. The summed E-state index contributed by atoms with van der Waals surface area (Å²) < 4.78 is 10.2. The number of aromatic carboxylic acids is 1. The van der Waals surface area contributed by atoms with E-state index < -0.39 is 17.7 Å². The molecule has 2 N–H and O–H groups in total. The van der Waals surface area contributed by atoms with Crippen LogP contribution in [0.15, 0.2) is 18.2 Å². The second-order valence-electron chi connectivity index (χ2n) is 5.38. The van der Waals surface area contributed by atoms with Crippen LogP contribution in [0.4, 0.5) is 4.79 Å². The van der Waals surface area contributed by atoms with Crippen LogP contribution in [-0.4, -0.2) is 36.4 Å². The lowest BCUT2D eigenvalue weighted by Gasteiger charge is -2.19. The summed E-state index contributed by atoms with van der Waals surface area (Å²) in [7, 11) is 1.44. The van der Waals surface area contributed by atoms with Crippen LogP contribution in [0, 0.1) is 11.8 Å². The maximum atomic E-state index is 11.4. The quantitative estimate of drug-likeness (QED) is 0.837. The monoisotopic (exact) mass is 305 g/mol. The lowest BCUT2D eigenvalue weighted by atomic mass is 10.1. The van der Waals surface area contributed by atoms with E-state index in [0.717, 1.165) is 0 Å². The molecule has 22 heavy (non-hydrogen) atoms. The maximum Gasteiger partial charge on any atom is 0.408 e. The molecule has 0 aliphatic heterocycles. The highest BCUT2D eigenvalue weighted by molar-refractivity contribution is 5.88. The van der Waals surface area contributed by atoms with Crippen LogP contribution in [-0.2, 0) is 4.74 Å². The first-order valence-corrected chi connectivity index (χ1v) is 6.60. The summed E-state index contributed by atoms with van der Waals surface area (Å²) in [5, 5.41) is 11.4. The molecule has 0 heterocycles. The number of carbonyl (C=O) groups is 2. The van der Waals surface area contributed by atoms with Crippen molar-refractivity contribution in [2.75, 3.05) is 13.7 Å². The summed E-state index contributed by atoms with van der Waals surface area (Å²) in [6.45, 7) is 5.42. The highest BCUT2D eigenvalue weighted by atomic mass is 16.6. The summed E-state index contributed by atoms with van der Waals surface area (Å²) in [4.78, 5) is 22.3. The molecular formula is C16H19NO5. The molecule has 0 spiro atoms. The van der Waals surface area contributed by atoms with Crippen molar-refractivity contribution in [3.05, 3.63) is 29.3 Å². The Bertz CT molecular complexity index is 620. The zero-order chi connectivity index (χ0) is 16.8. The molecule has 0 unspecified atom stereocenters. The Kier molecular flexibility index (Phi) is 5.81. The minimum absolute atomic E-state index is 0.110. The van der Waals surface area contributed by atoms with Gasteiger partial charge >= 0.3 is 12.1 Å². The van der Waals surface area contributed by atoms with E-state index in [0.29, 0.717) is 11.3 Å². The van der Waals surface area contributed by atoms with Crippen molar-refractivity contribution in [3.63, 3.8) is 0 Å². The fourth-order valence-corrected chi connectivity index (χ4v) is 1.50. The van der Waals surface area contributed by atoms with Gasteiger partial charge in [-0.3, -0.25) is 0 Å². The molecule has 1 aromatic carbocycles. The lowest BCUT2D eigenvalue weighted by molar-refractivity contribution is 0.0534. The van der Waals surface area contributed by atoms with Gasteiger partial charge in [-0.1, -0.05) is 11.8 Å². The van der Waals surface area contributed by atoms with Crippen LogP contribution in [0.1, 0.15) is 36.7 Å². The molecule has 0 aromatic heterocycles. The Hall–Kier alpha value is -2.68. The first-order valence-electron chi connectivity index (χ1n) is 6.60. The van der Waals surface area contributed by atoms with Gasteiger partial charge in [0.2, 0.25) is 0 Å². The smallest absolute Gasteiger partial charge is 0.408 e. The van der Waals surface area contributed by atoms with E-state index in [1.807, 2.05) is 0 Å². The van der Waals surface area contributed by atoms with Crippen LogP contribution in [0.25, 0.3) is 0 Å². The Morgan fingerprint density at radius 2 is 2.00 bits per heavy atom. The van der Waals surface area contributed by atoms with Crippen molar-refractivity contribution in [1.82, 2.24) is 5.32 Å². The van der Waals surface area contributed by atoms with Crippen molar-refractivity contribution in [2.45, 2.75) is 26.4 Å². The topological polar surface area (TPSA) is 84.9 Å². The van der Waals surface area contributed by atoms with Gasteiger partial charge in [-0.05, 0) is 39.0 Å². The predicted octanol–water partition coefficient (Wildman–Crippen LogP) is 2.27. The summed E-state index contributed by atoms with van der Waals surface area (Å²) in [6.07, 6.45) is -0.546. The van der Waals surface area contributed by atoms with Crippen molar-refractivity contribution < 1.29 is 24.2 Å². The summed E-state index contributed by atoms with van der Waals surface area (Å²) in [6, 6.07) is 4.40. The third-order valence-corrected chi connectivity index (χ3v) is 2.39. The minimum atomic E-state index is -1.04. The molecule has 1 rings (SSSR count). The highest BCUT2D eigenvalue weighted by Gasteiger charge is 2.15. The van der Waals surface area contributed by atoms with Gasteiger partial charge in [0.1, 0.15) is 11.4 Å². The van der Waals surface area contributed by atoms with Gasteiger partial charge in [-0.15, -0.1) is 0 Å². The summed E-state index contributed by atoms with van der Waals surface area (Å²) in [5.74, 6) is 4.89. The number of carbonyl (C=O) groups excluding carboxylic acids is 1. The van der Waals surface area contributed by atoms with E-state index in [-0.39, 0.29) is 12.1 Å².